The number of halogens is 1. The minimum absolute atomic E-state index is 0.652. The van der Waals surface area contributed by atoms with Crippen molar-refractivity contribution >= 4 is 11.6 Å². The van der Waals surface area contributed by atoms with Gasteiger partial charge in [-0.15, -0.1) is 0 Å². The molecule has 0 aromatic rings. The van der Waals surface area contributed by atoms with Gasteiger partial charge in [-0.2, -0.15) is 0 Å². The largest absolute Gasteiger partial charge is 0.378 e. The van der Waals surface area contributed by atoms with Crippen LogP contribution in [0.5, 0.6) is 0 Å². The molecule has 0 heterocycles. The van der Waals surface area contributed by atoms with Crippen molar-refractivity contribution in [3.8, 4) is 0 Å². The average molecular weight is 203 g/mol. The van der Waals surface area contributed by atoms with Crippen LogP contribution in [0, 0.1) is 0 Å². The number of allylic oxidation sites excluding steroid dienone is 3. The van der Waals surface area contributed by atoms with Gasteiger partial charge in [0.2, 0.25) is 0 Å². The summed E-state index contributed by atoms with van der Waals surface area (Å²) in [6, 6.07) is 0. The first kappa shape index (κ1) is 12.7. The monoisotopic (exact) mass is 202 g/mol. The lowest BCUT2D eigenvalue weighted by Gasteiger charge is -2.00. The Bertz CT molecular complexity index is 141. The van der Waals surface area contributed by atoms with E-state index in [0.29, 0.717) is 6.42 Å². The van der Waals surface area contributed by atoms with Crippen LogP contribution in [0.25, 0.3) is 0 Å². The van der Waals surface area contributed by atoms with Crippen LogP contribution in [-0.2, 0) is 0 Å². The summed E-state index contributed by atoms with van der Waals surface area (Å²) in [4.78, 5) is 0. The lowest BCUT2D eigenvalue weighted by molar-refractivity contribution is 0.240. The molecule has 0 saturated heterocycles. The predicted molar refractivity (Wildman–Crippen MR) is 58.9 cm³/mol. The van der Waals surface area contributed by atoms with Gasteiger partial charge in [0.1, 0.15) is 5.56 Å². The Morgan fingerprint density at radius 2 is 1.92 bits per heavy atom. The molecule has 0 spiro atoms. The Balaban J connectivity index is 2.99. The minimum Gasteiger partial charge on any atom is -0.378 e. The lowest BCUT2D eigenvalue weighted by Crippen LogP contribution is -1.94. The van der Waals surface area contributed by atoms with E-state index in [-0.39, 0.29) is 0 Å². The third kappa shape index (κ3) is 11.7. The zero-order valence-corrected chi connectivity index (χ0v) is 8.84. The van der Waals surface area contributed by atoms with Crippen LogP contribution in [0.1, 0.15) is 38.5 Å². The highest BCUT2D eigenvalue weighted by Gasteiger charge is 1.96. The zero-order valence-electron chi connectivity index (χ0n) is 8.08. The van der Waals surface area contributed by atoms with Crippen molar-refractivity contribution < 1.29 is 5.11 Å². The quantitative estimate of drug-likeness (QED) is 0.362. The second-order valence-corrected chi connectivity index (χ2v) is 3.59. The van der Waals surface area contributed by atoms with Gasteiger partial charge in [-0.25, -0.2) is 0 Å². The topological polar surface area (TPSA) is 20.2 Å². The first-order valence-electron chi connectivity index (χ1n) is 4.87. The molecule has 76 valence electrons. The van der Waals surface area contributed by atoms with Gasteiger partial charge in [0.05, 0.1) is 0 Å². The third-order valence-corrected chi connectivity index (χ3v) is 2.05. The Morgan fingerprint density at radius 3 is 2.54 bits per heavy atom. The highest BCUT2D eigenvalue weighted by atomic mass is 35.5. The van der Waals surface area contributed by atoms with Gasteiger partial charge in [0.15, 0.2) is 0 Å². The molecule has 13 heavy (non-hydrogen) atoms. The molecular weight excluding hydrogens is 184 g/mol. The van der Waals surface area contributed by atoms with Crippen LogP contribution in [0.15, 0.2) is 24.8 Å². The number of hydrogen-bond donors (Lipinski definition) is 1. The van der Waals surface area contributed by atoms with Crippen LogP contribution < -0.4 is 0 Å². The second-order valence-electron chi connectivity index (χ2n) is 3.09. The van der Waals surface area contributed by atoms with E-state index in [4.69, 9.17) is 16.7 Å². The summed E-state index contributed by atoms with van der Waals surface area (Å²) < 4.78 is 0. The van der Waals surface area contributed by atoms with Gasteiger partial charge in [0.25, 0.3) is 0 Å². The fourth-order valence-electron chi connectivity index (χ4n) is 1.12. The van der Waals surface area contributed by atoms with E-state index >= 15 is 0 Å². The maximum absolute atomic E-state index is 8.77. The summed E-state index contributed by atoms with van der Waals surface area (Å²) in [5, 5.41) is 8.77. The average Bonchev–Trinajstić information content (AvgIpc) is 2.09. The molecule has 0 aromatic carbocycles. The predicted octanol–water partition coefficient (Wildman–Crippen LogP) is 3.63. The van der Waals surface area contributed by atoms with Crippen molar-refractivity contribution in [1.82, 2.24) is 0 Å². The molecule has 2 heteroatoms. The van der Waals surface area contributed by atoms with Crippen LogP contribution in [-0.4, -0.2) is 10.7 Å². The summed E-state index contributed by atoms with van der Waals surface area (Å²) in [7, 11) is 0. The van der Waals surface area contributed by atoms with Crippen molar-refractivity contribution in [2.75, 3.05) is 0 Å². The van der Waals surface area contributed by atoms with E-state index in [1.165, 1.54) is 12.8 Å². The molecule has 0 aliphatic carbocycles. The molecule has 1 N–H and O–H groups in total. The van der Waals surface area contributed by atoms with E-state index in [1.54, 1.807) is 6.08 Å². The fraction of sp³-hybridized carbons (Fsp3) is 0.636. The summed E-state index contributed by atoms with van der Waals surface area (Å²) in [5.74, 6) is 0. The molecule has 1 nitrogen and oxygen atoms in total. The molecule has 1 atom stereocenters. The number of rotatable bonds is 8. The van der Waals surface area contributed by atoms with E-state index < -0.39 is 5.56 Å². The lowest BCUT2D eigenvalue weighted by atomic mass is 10.1. The first-order chi connectivity index (χ1) is 6.27. The fourth-order valence-corrected chi connectivity index (χ4v) is 1.28. The van der Waals surface area contributed by atoms with Gasteiger partial charge in [0, 0.05) is 0 Å². The number of alkyl halides is 1. The zero-order chi connectivity index (χ0) is 9.94. The van der Waals surface area contributed by atoms with Gasteiger partial charge in [-0.3, -0.25) is 0 Å². The third-order valence-electron chi connectivity index (χ3n) is 1.84. The normalized spacial score (nSPS) is 13.4. The van der Waals surface area contributed by atoms with Crippen molar-refractivity contribution in [3.05, 3.63) is 24.8 Å². The van der Waals surface area contributed by atoms with Gasteiger partial charge in [-0.1, -0.05) is 49.2 Å². The molecular formula is C11H19ClO. The summed E-state index contributed by atoms with van der Waals surface area (Å²) >= 11 is 5.39. The molecule has 0 bridgehead atoms. The van der Waals surface area contributed by atoms with Crippen LogP contribution in [0.2, 0.25) is 0 Å². The molecule has 0 rings (SSSR count). The van der Waals surface area contributed by atoms with Crippen LogP contribution >= 0.6 is 11.6 Å². The molecule has 0 saturated carbocycles. The maximum Gasteiger partial charge on any atom is 0.128 e. The Hall–Kier alpha value is -0.270. The van der Waals surface area contributed by atoms with E-state index in [1.807, 2.05) is 6.08 Å². The van der Waals surface area contributed by atoms with E-state index in [2.05, 4.69) is 12.7 Å². The minimum atomic E-state index is -0.652. The Morgan fingerprint density at radius 1 is 1.23 bits per heavy atom. The molecule has 0 amide bonds. The Labute approximate surface area is 86.1 Å². The highest BCUT2D eigenvalue weighted by molar-refractivity contribution is 6.19. The molecule has 0 aliphatic heterocycles. The maximum atomic E-state index is 8.77. The van der Waals surface area contributed by atoms with Gasteiger partial charge in [-0.05, 0) is 25.7 Å². The first-order valence-corrected chi connectivity index (χ1v) is 5.30. The van der Waals surface area contributed by atoms with E-state index in [9.17, 15) is 0 Å². The SMILES string of the molecule is C=C/C=C/CCCCCCC(O)Cl. The number of aliphatic hydroxyl groups is 1. The molecule has 0 fully saturated rings. The number of aliphatic hydroxyl groups excluding tert-OH is 1. The number of unbranched alkanes of at least 4 members (excludes halogenated alkanes) is 4. The van der Waals surface area contributed by atoms with Gasteiger partial charge >= 0.3 is 0 Å². The van der Waals surface area contributed by atoms with Crippen LogP contribution in [0.3, 0.4) is 0 Å². The van der Waals surface area contributed by atoms with Crippen LogP contribution in [0.4, 0.5) is 0 Å². The van der Waals surface area contributed by atoms with Crippen molar-refractivity contribution in [2.45, 2.75) is 44.1 Å². The molecule has 1 unspecified atom stereocenters. The molecule has 0 aromatic heterocycles. The van der Waals surface area contributed by atoms with Crippen molar-refractivity contribution in [1.29, 1.82) is 0 Å². The smallest absolute Gasteiger partial charge is 0.128 e. The van der Waals surface area contributed by atoms with Crippen molar-refractivity contribution in [2.24, 2.45) is 0 Å². The Kier molecular flexibility index (Phi) is 9.61. The highest BCUT2D eigenvalue weighted by Crippen LogP contribution is 2.09. The molecule has 0 radical (unpaired) electrons. The molecule has 0 aliphatic rings. The standard InChI is InChI=1S/C11H19ClO/c1-2-3-4-5-6-7-8-9-10-11(12)13/h2-4,11,13H,1,5-10H2/b4-3+. The number of hydrogen-bond acceptors (Lipinski definition) is 1. The van der Waals surface area contributed by atoms with Crippen molar-refractivity contribution in [3.63, 3.8) is 0 Å². The summed E-state index contributed by atoms with van der Waals surface area (Å²) in [6.07, 6.45) is 12.3. The summed E-state index contributed by atoms with van der Waals surface area (Å²) in [5.41, 5.74) is -0.652. The second kappa shape index (κ2) is 9.82. The summed E-state index contributed by atoms with van der Waals surface area (Å²) in [6.45, 7) is 3.60. The van der Waals surface area contributed by atoms with Gasteiger partial charge < -0.3 is 5.11 Å². The van der Waals surface area contributed by atoms with E-state index in [0.717, 1.165) is 19.3 Å².